The van der Waals surface area contributed by atoms with E-state index in [0.29, 0.717) is 55.0 Å². The molecule has 3 N–H and O–H groups in total. The molecule has 7 nitrogen and oxygen atoms in total. The quantitative estimate of drug-likeness (QED) is 0.552. The highest BCUT2D eigenvalue weighted by molar-refractivity contribution is 6.06. The zero-order valence-corrected chi connectivity index (χ0v) is 18.1. The van der Waals surface area contributed by atoms with Gasteiger partial charge in [0, 0.05) is 54.4 Å². The molecule has 1 saturated heterocycles. The number of hydrogen-bond acceptors (Lipinski definition) is 4. The van der Waals surface area contributed by atoms with Gasteiger partial charge >= 0.3 is 12.2 Å². The molecule has 0 unspecified atom stereocenters. The van der Waals surface area contributed by atoms with E-state index in [0.717, 1.165) is 17.7 Å². The van der Waals surface area contributed by atoms with Gasteiger partial charge < -0.3 is 25.4 Å². The third-order valence-electron chi connectivity index (χ3n) is 6.31. The number of carbonyl (C=O) groups is 2. The average Bonchev–Trinajstić information content (AvgIpc) is 2.78. The van der Waals surface area contributed by atoms with Crippen LogP contribution in [0, 0.1) is 0 Å². The summed E-state index contributed by atoms with van der Waals surface area (Å²) in [6.07, 6.45) is -1.68. The van der Waals surface area contributed by atoms with Gasteiger partial charge in [0.05, 0.1) is 18.8 Å². The van der Waals surface area contributed by atoms with Crippen molar-refractivity contribution in [2.75, 3.05) is 23.8 Å². The summed E-state index contributed by atoms with van der Waals surface area (Å²) in [6.45, 7) is 1.12. The number of carbonyl (C=O) groups excluding carboxylic acids is 2. The number of ether oxygens (including phenoxy) is 2. The number of fused-ring (bicyclic) bond motifs is 2. The molecular formula is C24H22F3N3O4. The van der Waals surface area contributed by atoms with Gasteiger partial charge in [0.15, 0.2) is 0 Å². The summed E-state index contributed by atoms with van der Waals surface area (Å²) in [5, 5.41) is 8.19. The van der Waals surface area contributed by atoms with Gasteiger partial charge in [0.1, 0.15) is 11.4 Å². The lowest BCUT2D eigenvalue weighted by atomic mass is 9.81. The van der Waals surface area contributed by atoms with Gasteiger partial charge in [0.2, 0.25) is 5.91 Å². The number of amides is 3. The van der Waals surface area contributed by atoms with Crippen molar-refractivity contribution < 1.29 is 32.2 Å². The third kappa shape index (κ3) is 4.33. The molecule has 2 aromatic rings. The number of anilines is 2. The minimum atomic E-state index is -4.50. The van der Waals surface area contributed by atoms with Gasteiger partial charge in [-0.05, 0) is 29.8 Å². The number of alkyl halides is 3. The molecule has 0 atom stereocenters. The molecule has 3 aliphatic rings. The molecule has 3 aliphatic heterocycles. The largest absolute Gasteiger partial charge is 0.486 e. The van der Waals surface area contributed by atoms with E-state index >= 15 is 0 Å². The molecule has 10 heteroatoms. The molecule has 0 aliphatic carbocycles. The number of nitrogens with one attached hydrogen (secondary N) is 3. The number of rotatable bonds is 2. The molecule has 0 bridgehead atoms. The first-order chi connectivity index (χ1) is 16.2. The normalized spacial score (nSPS) is 20.0. The number of benzene rings is 2. The van der Waals surface area contributed by atoms with Crippen LogP contribution in [-0.2, 0) is 22.3 Å². The maximum atomic E-state index is 13.3. The van der Waals surface area contributed by atoms with Gasteiger partial charge in [-0.2, -0.15) is 13.2 Å². The molecule has 0 radical (unpaired) electrons. The summed E-state index contributed by atoms with van der Waals surface area (Å²) >= 11 is 0. The van der Waals surface area contributed by atoms with Gasteiger partial charge in [-0.1, -0.05) is 12.1 Å². The number of halogens is 3. The van der Waals surface area contributed by atoms with Gasteiger partial charge in [-0.15, -0.1) is 0 Å². The summed E-state index contributed by atoms with van der Waals surface area (Å²) in [7, 11) is 0. The van der Waals surface area contributed by atoms with Crippen LogP contribution in [-0.4, -0.2) is 30.8 Å². The Morgan fingerprint density at radius 2 is 1.94 bits per heavy atom. The van der Waals surface area contributed by atoms with Crippen molar-refractivity contribution in [1.82, 2.24) is 5.32 Å². The van der Waals surface area contributed by atoms with Gasteiger partial charge in [-0.25, -0.2) is 4.79 Å². The molecule has 0 aromatic heterocycles. The molecule has 3 heterocycles. The zero-order chi connectivity index (χ0) is 23.9. The standard InChI is InChI=1S/C24H22F3N3O4/c25-24(26,27)15-4-5-16-14(12-23(34-20(16)11-15)6-8-33-9-7-23)10-21(31)29-18-2-1-3-19-17(18)13-28-22(32)30-19/h1-5,10-11H,6-9,12-13H2,(H,29,31)(H2,28,30,32). The fourth-order valence-electron chi connectivity index (χ4n) is 4.58. The topological polar surface area (TPSA) is 88.7 Å². The second-order valence-electron chi connectivity index (χ2n) is 8.58. The Bertz CT molecular complexity index is 1190. The minimum Gasteiger partial charge on any atom is -0.486 e. The van der Waals surface area contributed by atoms with E-state index < -0.39 is 23.2 Å². The SMILES string of the molecule is O=C(C=C1CC2(CCOCC2)Oc2cc(C(F)(F)F)ccc21)Nc1cccc2c1CNC(=O)N2. The summed E-state index contributed by atoms with van der Waals surface area (Å²) in [4.78, 5) is 24.6. The second-order valence-corrected chi connectivity index (χ2v) is 8.58. The van der Waals surface area contributed by atoms with E-state index in [9.17, 15) is 22.8 Å². The Morgan fingerprint density at radius 3 is 2.71 bits per heavy atom. The fourth-order valence-corrected chi connectivity index (χ4v) is 4.58. The fraction of sp³-hybridized carbons (Fsp3) is 0.333. The molecule has 34 heavy (non-hydrogen) atoms. The molecule has 178 valence electrons. The second kappa shape index (κ2) is 8.35. The highest BCUT2D eigenvalue weighted by Gasteiger charge is 2.41. The van der Waals surface area contributed by atoms with E-state index in [4.69, 9.17) is 9.47 Å². The summed E-state index contributed by atoms with van der Waals surface area (Å²) < 4.78 is 51.5. The lowest BCUT2D eigenvalue weighted by Gasteiger charge is -2.42. The molecule has 1 fully saturated rings. The lowest BCUT2D eigenvalue weighted by molar-refractivity contribution is -0.138. The highest BCUT2D eigenvalue weighted by atomic mass is 19.4. The zero-order valence-electron chi connectivity index (χ0n) is 18.1. The minimum absolute atomic E-state index is 0.117. The van der Waals surface area contributed by atoms with Crippen LogP contribution < -0.4 is 20.7 Å². The lowest BCUT2D eigenvalue weighted by Crippen LogP contribution is -2.44. The summed E-state index contributed by atoms with van der Waals surface area (Å²) in [6, 6.07) is 8.21. The van der Waals surface area contributed by atoms with Crippen LogP contribution in [0.15, 0.2) is 42.5 Å². The van der Waals surface area contributed by atoms with Crippen molar-refractivity contribution in [2.45, 2.75) is 37.6 Å². The Morgan fingerprint density at radius 1 is 1.15 bits per heavy atom. The molecule has 2 aromatic carbocycles. The predicted octanol–water partition coefficient (Wildman–Crippen LogP) is 4.69. The molecule has 1 spiro atoms. The van der Waals surface area contributed by atoms with Crippen LogP contribution in [0.1, 0.15) is 36.0 Å². The first-order valence-electron chi connectivity index (χ1n) is 10.9. The van der Waals surface area contributed by atoms with Gasteiger partial charge in [-0.3, -0.25) is 4.79 Å². The monoisotopic (exact) mass is 473 g/mol. The highest BCUT2D eigenvalue weighted by Crippen LogP contribution is 2.46. The van der Waals surface area contributed by atoms with E-state index in [-0.39, 0.29) is 18.3 Å². The van der Waals surface area contributed by atoms with E-state index in [1.807, 2.05) is 0 Å². The van der Waals surface area contributed by atoms with Crippen LogP contribution in [0.3, 0.4) is 0 Å². The van der Waals surface area contributed by atoms with E-state index in [1.165, 1.54) is 12.1 Å². The van der Waals surface area contributed by atoms with Crippen molar-refractivity contribution in [1.29, 1.82) is 0 Å². The summed E-state index contributed by atoms with van der Waals surface area (Å²) in [5.74, 6) is -0.304. The van der Waals surface area contributed by atoms with Crippen molar-refractivity contribution in [2.24, 2.45) is 0 Å². The van der Waals surface area contributed by atoms with Crippen molar-refractivity contribution in [3.05, 3.63) is 59.2 Å². The maximum Gasteiger partial charge on any atom is 0.416 e. The van der Waals surface area contributed by atoms with Crippen LogP contribution in [0.4, 0.5) is 29.3 Å². The maximum absolute atomic E-state index is 13.3. The molecule has 0 saturated carbocycles. The van der Waals surface area contributed by atoms with Crippen molar-refractivity contribution >= 4 is 28.9 Å². The molecule has 3 amide bonds. The van der Waals surface area contributed by atoms with Crippen molar-refractivity contribution in [3.63, 3.8) is 0 Å². The van der Waals surface area contributed by atoms with Crippen LogP contribution in [0.25, 0.3) is 5.57 Å². The first kappa shape index (κ1) is 22.3. The average molecular weight is 473 g/mol. The number of urea groups is 1. The van der Waals surface area contributed by atoms with E-state index in [1.54, 1.807) is 18.2 Å². The number of hydrogen-bond donors (Lipinski definition) is 3. The van der Waals surface area contributed by atoms with Gasteiger partial charge in [0.25, 0.3) is 0 Å². The molecular weight excluding hydrogens is 451 g/mol. The summed E-state index contributed by atoms with van der Waals surface area (Å²) in [5.41, 5.74) is 1.41. The smallest absolute Gasteiger partial charge is 0.416 e. The van der Waals surface area contributed by atoms with Crippen molar-refractivity contribution in [3.8, 4) is 5.75 Å². The van der Waals surface area contributed by atoms with E-state index in [2.05, 4.69) is 16.0 Å². The Balaban J connectivity index is 1.47. The van der Waals surface area contributed by atoms with Crippen LogP contribution >= 0.6 is 0 Å². The Kier molecular flexibility index (Phi) is 5.47. The first-order valence-corrected chi connectivity index (χ1v) is 10.9. The Labute approximate surface area is 193 Å². The van der Waals surface area contributed by atoms with Crippen LogP contribution in [0.5, 0.6) is 5.75 Å². The Hall–Kier alpha value is -3.53. The predicted molar refractivity (Wildman–Crippen MR) is 118 cm³/mol. The third-order valence-corrected chi connectivity index (χ3v) is 6.31. The molecule has 5 rings (SSSR count). The van der Waals surface area contributed by atoms with Crippen LogP contribution in [0.2, 0.25) is 0 Å².